The highest BCUT2D eigenvalue weighted by molar-refractivity contribution is 5.99. The van der Waals surface area contributed by atoms with Gasteiger partial charge in [-0.25, -0.2) is 9.97 Å². The third-order valence-corrected chi connectivity index (χ3v) is 5.35. The van der Waals surface area contributed by atoms with Crippen LogP contribution in [0.1, 0.15) is 35.2 Å². The molecule has 1 amide bonds. The lowest BCUT2D eigenvalue weighted by atomic mass is 9.90. The Bertz CT molecular complexity index is 1150. The van der Waals surface area contributed by atoms with Gasteiger partial charge in [0.25, 0.3) is 0 Å². The molecule has 5 nitrogen and oxygen atoms in total. The van der Waals surface area contributed by atoms with E-state index >= 15 is 0 Å². The van der Waals surface area contributed by atoms with Gasteiger partial charge in [-0.05, 0) is 42.2 Å². The van der Waals surface area contributed by atoms with Crippen molar-refractivity contribution < 1.29 is 4.79 Å². The minimum absolute atomic E-state index is 0.0628. The normalized spacial score (nSPS) is 10.7. The fourth-order valence-electron chi connectivity index (χ4n) is 3.74. The first-order valence-corrected chi connectivity index (χ1v) is 10.7. The van der Waals surface area contributed by atoms with Crippen LogP contribution in [0.4, 0.5) is 17.2 Å². The van der Waals surface area contributed by atoms with E-state index in [1.54, 1.807) is 0 Å². The summed E-state index contributed by atoms with van der Waals surface area (Å²) >= 11 is 0. The molecule has 0 bridgehead atoms. The Morgan fingerprint density at radius 3 is 2.12 bits per heavy atom. The summed E-state index contributed by atoms with van der Waals surface area (Å²) in [5.41, 5.74) is 5.52. The summed E-state index contributed by atoms with van der Waals surface area (Å²) < 4.78 is 0. The van der Waals surface area contributed by atoms with Gasteiger partial charge in [-0.3, -0.25) is 4.79 Å². The Balaban J connectivity index is 1.64. The van der Waals surface area contributed by atoms with Crippen LogP contribution in [0.3, 0.4) is 0 Å². The molecule has 0 spiro atoms. The Labute approximate surface area is 188 Å². The van der Waals surface area contributed by atoms with E-state index in [4.69, 9.17) is 0 Å². The van der Waals surface area contributed by atoms with E-state index in [9.17, 15) is 4.79 Å². The van der Waals surface area contributed by atoms with Crippen LogP contribution >= 0.6 is 0 Å². The Hall–Kier alpha value is -3.99. The van der Waals surface area contributed by atoms with Crippen molar-refractivity contribution >= 4 is 23.1 Å². The minimum Gasteiger partial charge on any atom is -0.340 e. The van der Waals surface area contributed by atoms with Crippen LogP contribution in [0.5, 0.6) is 0 Å². The third-order valence-electron chi connectivity index (χ3n) is 5.35. The van der Waals surface area contributed by atoms with E-state index in [-0.39, 0.29) is 5.91 Å². The Morgan fingerprint density at radius 2 is 1.53 bits per heavy atom. The lowest BCUT2D eigenvalue weighted by Crippen LogP contribution is -2.23. The molecule has 5 heteroatoms. The van der Waals surface area contributed by atoms with Crippen LogP contribution in [-0.4, -0.2) is 15.9 Å². The first-order chi connectivity index (χ1) is 15.6. The quantitative estimate of drug-likeness (QED) is 0.391. The first kappa shape index (κ1) is 21.2. The van der Waals surface area contributed by atoms with Crippen LogP contribution in [-0.2, 0) is 11.2 Å². The fraction of sp³-hybridized carbons (Fsp3) is 0.148. The molecule has 0 radical (unpaired) electrons. The number of aromatic nitrogens is 2. The van der Waals surface area contributed by atoms with Crippen molar-refractivity contribution in [1.82, 2.24) is 9.97 Å². The van der Waals surface area contributed by atoms with E-state index in [0.29, 0.717) is 5.82 Å². The lowest BCUT2D eigenvalue weighted by Gasteiger charge is -2.20. The number of rotatable bonds is 7. The second-order valence-corrected chi connectivity index (χ2v) is 7.64. The van der Waals surface area contributed by atoms with Gasteiger partial charge in [0, 0.05) is 23.1 Å². The molecule has 1 heterocycles. The van der Waals surface area contributed by atoms with Crippen LogP contribution in [0.25, 0.3) is 0 Å². The molecular weight excluding hydrogens is 396 g/mol. The van der Waals surface area contributed by atoms with Gasteiger partial charge in [0.1, 0.15) is 12.1 Å². The van der Waals surface area contributed by atoms with Crippen molar-refractivity contribution in [2.75, 3.05) is 10.6 Å². The number of amides is 1. The number of anilines is 3. The standard InChI is InChI=1S/C27H26N4O/c1-3-20-14-15-23(30-25-16-19(2)28-18-29-25)17-24(20)31-27(32)26(21-10-6-4-7-11-21)22-12-8-5-9-13-22/h4-18,26H,3H2,1-2H3,(H,31,32)(H,28,29,30). The highest BCUT2D eigenvalue weighted by Gasteiger charge is 2.23. The molecule has 32 heavy (non-hydrogen) atoms. The summed E-state index contributed by atoms with van der Waals surface area (Å²) in [6.45, 7) is 4.00. The van der Waals surface area contributed by atoms with Gasteiger partial charge in [0.05, 0.1) is 5.92 Å². The molecule has 0 saturated heterocycles. The molecule has 0 atom stereocenters. The van der Waals surface area contributed by atoms with Crippen LogP contribution < -0.4 is 10.6 Å². The molecule has 0 fully saturated rings. The molecular formula is C27H26N4O. The second kappa shape index (κ2) is 9.88. The molecule has 4 aromatic rings. The zero-order valence-electron chi connectivity index (χ0n) is 18.2. The largest absolute Gasteiger partial charge is 0.340 e. The van der Waals surface area contributed by atoms with Crippen LogP contribution in [0, 0.1) is 6.92 Å². The highest BCUT2D eigenvalue weighted by atomic mass is 16.1. The monoisotopic (exact) mass is 422 g/mol. The van der Waals surface area contributed by atoms with E-state index in [1.807, 2.05) is 91.9 Å². The van der Waals surface area contributed by atoms with Crippen LogP contribution in [0.2, 0.25) is 0 Å². The lowest BCUT2D eigenvalue weighted by molar-refractivity contribution is -0.116. The number of aryl methyl sites for hydroxylation is 2. The average Bonchev–Trinajstić information content (AvgIpc) is 2.81. The van der Waals surface area contributed by atoms with Crippen molar-refractivity contribution in [1.29, 1.82) is 0 Å². The van der Waals surface area contributed by atoms with Gasteiger partial charge in [-0.1, -0.05) is 73.7 Å². The van der Waals surface area contributed by atoms with E-state index < -0.39 is 5.92 Å². The zero-order valence-corrected chi connectivity index (χ0v) is 18.2. The summed E-state index contributed by atoms with van der Waals surface area (Å²) in [4.78, 5) is 21.9. The first-order valence-electron chi connectivity index (χ1n) is 10.7. The summed E-state index contributed by atoms with van der Waals surface area (Å²) in [5.74, 6) is 0.251. The molecule has 0 aliphatic carbocycles. The van der Waals surface area contributed by atoms with Crippen molar-refractivity contribution in [3.63, 3.8) is 0 Å². The van der Waals surface area contributed by atoms with Gasteiger partial charge in [0.15, 0.2) is 0 Å². The fourth-order valence-corrected chi connectivity index (χ4v) is 3.74. The van der Waals surface area contributed by atoms with Crippen molar-refractivity contribution in [2.24, 2.45) is 0 Å². The number of hydrogen-bond acceptors (Lipinski definition) is 4. The summed E-state index contributed by atoms with van der Waals surface area (Å²) in [6.07, 6.45) is 2.34. The smallest absolute Gasteiger partial charge is 0.236 e. The predicted octanol–water partition coefficient (Wildman–Crippen LogP) is 5.86. The number of hydrogen-bond donors (Lipinski definition) is 2. The minimum atomic E-state index is -0.400. The Morgan fingerprint density at radius 1 is 0.875 bits per heavy atom. The number of benzene rings is 3. The van der Waals surface area contributed by atoms with Crippen molar-refractivity contribution in [2.45, 2.75) is 26.2 Å². The van der Waals surface area contributed by atoms with E-state index in [2.05, 4.69) is 27.5 Å². The maximum Gasteiger partial charge on any atom is 0.236 e. The van der Waals surface area contributed by atoms with E-state index in [0.717, 1.165) is 40.2 Å². The molecule has 3 aromatic carbocycles. The average molecular weight is 423 g/mol. The molecule has 0 saturated carbocycles. The molecule has 0 aliphatic rings. The number of nitrogens with zero attached hydrogens (tertiary/aromatic N) is 2. The maximum absolute atomic E-state index is 13.5. The van der Waals surface area contributed by atoms with Gasteiger partial charge in [0.2, 0.25) is 5.91 Å². The Kier molecular flexibility index (Phi) is 6.56. The zero-order chi connectivity index (χ0) is 22.3. The van der Waals surface area contributed by atoms with Crippen LogP contribution in [0.15, 0.2) is 91.3 Å². The summed E-state index contributed by atoms with van der Waals surface area (Å²) in [5, 5.41) is 6.48. The van der Waals surface area contributed by atoms with Gasteiger partial charge >= 0.3 is 0 Å². The summed E-state index contributed by atoms with van der Waals surface area (Å²) in [7, 11) is 0. The molecule has 2 N–H and O–H groups in total. The number of nitrogens with one attached hydrogen (secondary N) is 2. The molecule has 1 aromatic heterocycles. The number of carbonyl (C=O) groups is 1. The molecule has 4 rings (SSSR count). The molecule has 160 valence electrons. The summed E-state index contributed by atoms with van der Waals surface area (Å²) in [6, 6.07) is 27.6. The van der Waals surface area contributed by atoms with Crippen molar-refractivity contribution in [3.8, 4) is 0 Å². The molecule has 0 aliphatic heterocycles. The predicted molar refractivity (Wildman–Crippen MR) is 129 cm³/mol. The van der Waals surface area contributed by atoms with Crippen molar-refractivity contribution in [3.05, 3.63) is 114 Å². The van der Waals surface area contributed by atoms with Gasteiger partial charge in [-0.15, -0.1) is 0 Å². The molecule has 0 unspecified atom stereocenters. The second-order valence-electron chi connectivity index (χ2n) is 7.64. The topological polar surface area (TPSA) is 66.9 Å². The number of carbonyl (C=O) groups excluding carboxylic acids is 1. The van der Waals surface area contributed by atoms with E-state index in [1.165, 1.54) is 6.33 Å². The third kappa shape index (κ3) is 5.01. The maximum atomic E-state index is 13.5. The SMILES string of the molecule is CCc1ccc(Nc2cc(C)ncn2)cc1NC(=O)C(c1ccccc1)c1ccccc1. The highest BCUT2D eigenvalue weighted by Crippen LogP contribution is 2.29. The van der Waals surface area contributed by atoms with Gasteiger partial charge < -0.3 is 10.6 Å². The van der Waals surface area contributed by atoms with Gasteiger partial charge in [-0.2, -0.15) is 0 Å².